The van der Waals surface area contributed by atoms with Crippen molar-refractivity contribution >= 4 is 27.7 Å². The molecule has 0 aliphatic carbocycles. The van der Waals surface area contributed by atoms with Gasteiger partial charge in [-0.1, -0.05) is 12.8 Å². The van der Waals surface area contributed by atoms with Crippen LogP contribution in [0.2, 0.25) is 0 Å². The van der Waals surface area contributed by atoms with Crippen LogP contribution in [0.15, 0.2) is 45.9 Å². The predicted molar refractivity (Wildman–Crippen MR) is 117 cm³/mol. The number of methoxy groups -OCH3 is 1. The van der Waals surface area contributed by atoms with Gasteiger partial charge in [0.1, 0.15) is 11.5 Å². The SMILES string of the molecule is COc1ccc(S(=O)(=O)N2CCCCCC2)cc1C(=O)NCCSCc1ccco1. The van der Waals surface area contributed by atoms with Gasteiger partial charge in [0, 0.05) is 25.4 Å². The summed E-state index contributed by atoms with van der Waals surface area (Å²) in [6.07, 6.45) is 5.44. The number of sulfonamides is 1. The molecule has 9 heteroatoms. The van der Waals surface area contributed by atoms with Crippen LogP contribution in [0.4, 0.5) is 0 Å². The Morgan fingerprint density at radius 2 is 1.97 bits per heavy atom. The molecule has 2 heterocycles. The van der Waals surface area contributed by atoms with Crippen molar-refractivity contribution in [1.29, 1.82) is 0 Å². The fourth-order valence-corrected chi connectivity index (χ4v) is 5.66. The fourth-order valence-electron chi connectivity index (χ4n) is 3.36. The highest BCUT2D eigenvalue weighted by atomic mass is 32.2. The van der Waals surface area contributed by atoms with E-state index in [1.165, 1.54) is 23.5 Å². The number of benzene rings is 1. The van der Waals surface area contributed by atoms with Crippen molar-refractivity contribution in [2.75, 3.05) is 32.5 Å². The Labute approximate surface area is 182 Å². The van der Waals surface area contributed by atoms with Gasteiger partial charge in [0.25, 0.3) is 5.91 Å². The molecule has 3 rings (SSSR count). The minimum atomic E-state index is -3.64. The molecular weight excluding hydrogens is 424 g/mol. The van der Waals surface area contributed by atoms with E-state index in [0.29, 0.717) is 31.1 Å². The summed E-state index contributed by atoms with van der Waals surface area (Å²) < 4.78 is 38.2. The van der Waals surface area contributed by atoms with E-state index in [9.17, 15) is 13.2 Å². The number of amides is 1. The summed E-state index contributed by atoms with van der Waals surface area (Å²) in [4.78, 5) is 12.8. The number of furan rings is 1. The van der Waals surface area contributed by atoms with Crippen LogP contribution >= 0.6 is 11.8 Å². The van der Waals surface area contributed by atoms with Crippen molar-refractivity contribution in [3.63, 3.8) is 0 Å². The van der Waals surface area contributed by atoms with Crippen molar-refractivity contribution in [2.45, 2.75) is 36.3 Å². The molecule has 2 aromatic rings. The average Bonchev–Trinajstić information content (AvgIpc) is 3.11. The summed E-state index contributed by atoms with van der Waals surface area (Å²) in [6, 6.07) is 8.23. The van der Waals surface area contributed by atoms with Gasteiger partial charge in [-0.15, -0.1) is 0 Å². The van der Waals surface area contributed by atoms with Crippen LogP contribution in [0.5, 0.6) is 5.75 Å². The number of nitrogens with one attached hydrogen (secondary N) is 1. The van der Waals surface area contributed by atoms with Gasteiger partial charge in [-0.25, -0.2) is 8.42 Å². The van der Waals surface area contributed by atoms with Crippen LogP contribution in [-0.4, -0.2) is 51.1 Å². The highest BCUT2D eigenvalue weighted by Crippen LogP contribution is 2.26. The van der Waals surface area contributed by atoms with Crippen LogP contribution in [-0.2, 0) is 15.8 Å². The summed E-state index contributed by atoms with van der Waals surface area (Å²) in [5, 5.41) is 2.84. The van der Waals surface area contributed by atoms with Crippen LogP contribution in [0.3, 0.4) is 0 Å². The zero-order valence-electron chi connectivity index (χ0n) is 17.1. The molecule has 1 aliphatic heterocycles. The molecule has 1 aromatic heterocycles. The molecule has 0 atom stereocenters. The maximum atomic E-state index is 13.1. The molecule has 1 amide bonds. The van der Waals surface area contributed by atoms with E-state index in [2.05, 4.69) is 5.32 Å². The summed E-state index contributed by atoms with van der Waals surface area (Å²) in [7, 11) is -2.17. The zero-order chi connectivity index (χ0) is 21.4. The first kappa shape index (κ1) is 22.7. The normalized spacial score (nSPS) is 15.5. The van der Waals surface area contributed by atoms with Gasteiger partial charge >= 0.3 is 0 Å². The lowest BCUT2D eigenvalue weighted by atomic mass is 10.2. The van der Waals surface area contributed by atoms with Crippen LogP contribution < -0.4 is 10.1 Å². The Morgan fingerprint density at radius 3 is 2.63 bits per heavy atom. The van der Waals surface area contributed by atoms with Gasteiger partial charge < -0.3 is 14.5 Å². The van der Waals surface area contributed by atoms with E-state index in [0.717, 1.165) is 37.2 Å². The van der Waals surface area contributed by atoms with Gasteiger partial charge in [-0.3, -0.25) is 4.79 Å². The topological polar surface area (TPSA) is 88.9 Å². The molecule has 1 saturated heterocycles. The lowest BCUT2D eigenvalue weighted by Gasteiger charge is -2.20. The van der Waals surface area contributed by atoms with E-state index >= 15 is 0 Å². The lowest BCUT2D eigenvalue weighted by molar-refractivity contribution is 0.0953. The van der Waals surface area contributed by atoms with E-state index in [1.54, 1.807) is 24.1 Å². The quantitative estimate of drug-likeness (QED) is 0.586. The number of carbonyl (C=O) groups is 1. The first-order chi connectivity index (χ1) is 14.5. The van der Waals surface area contributed by atoms with Gasteiger partial charge in [0.05, 0.1) is 29.6 Å². The van der Waals surface area contributed by atoms with Crippen LogP contribution in [0.1, 0.15) is 41.8 Å². The molecule has 30 heavy (non-hydrogen) atoms. The molecule has 1 N–H and O–H groups in total. The monoisotopic (exact) mass is 452 g/mol. The summed E-state index contributed by atoms with van der Waals surface area (Å²) in [5.74, 6) is 2.33. The number of rotatable bonds is 9. The average molecular weight is 453 g/mol. The molecule has 164 valence electrons. The first-order valence-corrected chi connectivity index (χ1v) is 12.7. The Hall–Kier alpha value is -1.97. The maximum Gasteiger partial charge on any atom is 0.255 e. The Morgan fingerprint density at radius 1 is 1.20 bits per heavy atom. The molecule has 1 aromatic carbocycles. The summed E-state index contributed by atoms with van der Waals surface area (Å²) in [6.45, 7) is 1.49. The van der Waals surface area contributed by atoms with Crippen molar-refractivity contribution in [1.82, 2.24) is 9.62 Å². The first-order valence-electron chi connectivity index (χ1n) is 10.1. The second-order valence-electron chi connectivity index (χ2n) is 7.07. The minimum Gasteiger partial charge on any atom is -0.496 e. The van der Waals surface area contributed by atoms with E-state index in [-0.39, 0.29) is 16.4 Å². The zero-order valence-corrected chi connectivity index (χ0v) is 18.8. The molecule has 1 fully saturated rings. The maximum absolute atomic E-state index is 13.1. The van der Waals surface area contributed by atoms with Gasteiger partial charge in [-0.05, 0) is 43.2 Å². The third-order valence-electron chi connectivity index (χ3n) is 4.97. The van der Waals surface area contributed by atoms with Crippen LogP contribution in [0.25, 0.3) is 0 Å². The molecule has 0 radical (unpaired) electrons. The van der Waals surface area contributed by atoms with Crippen molar-refractivity contribution < 1.29 is 22.4 Å². The summed E-state index contributed by atoms with van der Waals surface area (Å²) in [5.41, 5.74) is 0.226. The lowest BCUT2D eigenvalue weighted by Crippen LogP contribution is -2.32. The fraction of sp³-hybridized carbons (Fsp3) is 0.476. The molecule has 0 spiro atoms. The highest BCUT2D eigenvalue weighted by Gasteiger charge is 2.27. The smallest absolute Gasteiger partial charge is 0.255 e. The molecule has 0 saturated carbocycles. The number of hydrogen-bond donors (Lipinski definition) is 1. The minimum absolute atomic E-state index is 0.127. The number of carbonyl (C=O) groups excluding carboxylic acids is 1. The van der Waals surface area contributed by atoms with E-state index < -0.39 is 10.0 Å². The molecular formula is C21H28N2O5S2. The number of hydrogen-bond acceptors (Lipinski definition) is 6. The Balaban J connectivity index is 1.65. The third kappa shape index (κ3) is 5.80. The Bertz CT molecular complexity index is 921. The predicted octanol–water partition coefficient (Wildman–Crippen LogP) is 3.52. The van der Waals surface area contributed by atoms with Gasteiger partial charge in [0.15, 0.2) is 0 Å². The standard InChI is InChI=1S/C21H28N2O5S2/c1-27-20-9-8-18(30(25,26)23-11-4-2-3-5-12-23)15-19(20)21(24)22-10-14-29-16-17-7-6-13-28-17/h6-9,13,15H,2-5,10-12,14,16H2,1H3,(H,22,24). The third-order valence-corrected chi connectivity index (χ3v) is 7.85. The van der Waals surface area contributed by atoms with E-state index in [1.807, 2.05) is 12.1 Å². The van der Waals surface area contributed by atoms with Gasteiger partial charge in [-0.2, -0.15) is 16.1 Å². The molecule has 7 nitrogen and oxygen atoms in total. The second-order valence-corrected chi connectivity index (χ2v) is 10.1. The number of ether oxygens (including phenoxy) is 1. The number of nitrogens with zero attached hydrogens (tertiary/aromatic N) is 1. The number of thioether (sulfide) groups is 1. The second kappa shape index (κ2) is 10.9. The molecule has 0 bridgehead atoms. The largest absolute Gasteiger partial charge is 0.496 e. The van der Waals surface area contributed by atoms with Crippen molar-refractivity contribution in [3.8, 4) is 5.75 Å². The van der Waals surface area contributed by atoms with Crippen LogP contribution in [0, 0.1) is 0 Å². The highest BCUT2D eigenvalue weighted by molar-refractivity contribution is 7.98. The van der Waals surface area contributed by atoms with Crippen molar-refractivity contribution in [2.24, 2.45) is 0 Å². The summed E-state index contributed by atoms with van der Waals surface area (Å²) >= 11 is 1.64. The van der Waals surface area contributed by atoms with Crippen molar-refractivity contribution in [3.05, 3.63) is 47.9 Å². The molecule has 1 aliphatic rings. The van der Waals surface area contributed by atoms with E-state index in [4.69, 9.17) is 9.15 Å². The Kier molecular flexibility index (Phi) is 8.24. The van der Waals surface area contributed by atoms with Gasteiger partial charge in [0.2, 0.25) is 10.0 Å². The molecule has 0 unspecified atom stereocenters.